The fraction of sp³-hybridized carbons (Fsp3) is 0.575. The molecule has 9 nitrogen and oxygen atoms in total. The minimum Gasteiger partial charge on any atom is -0.365 e. The lowest BCUT2D eigenvalue weighted by atomic mass is 9.92. The van der Waals surface area contributed by atoms with Crippen LogP contribution in [0.4, 0.5) is 11.8 Å². The van der Waals surface area contributed by atoms with Gasteiger partial charge in [0, 0.05) is 50.3 Å². The summed E-state index contributed by atoms with van der Waals surface area (Å²) in [5.74, 6) is 1.62. The second-order valence-corrected chi connectivity index (χ2v) is 14.8. The number of anilines is 2. The topological polar surface area (TPSA) is 100 Å². The van der Waals surface area contributed by atoms with Crippen LogP contribution in [0.5, 0.6) is 0 Å². The standard InChI is InChI=1S/C40H57N9/c41-33-16-18-34(19-17-33)44-40-45-38(37-39(46-40)49(30-42-37)36-14-7-8-15-36)43-35-22-28-48(29-23-35)25-9-24-47(26-20-31-10-3-1-4-11-31)27-21-32-12-5-2-6-13-32/h1-6,10-13,30,33-36H,7-9,14-29,41H2,(H2,43,44,45,46). The summed E-state index contributed by atoms with van der Waals surface area (Å²) in [4.78, 5) is 20.3. The summed E-state index contributed by atoms with van der Waals surface area (Å²) in [6, 6.07) is 23.4. The molecule has 9 heteroatoms. The molecular weight excluding hydrogens is 607 g/mol. The number of benzene rings is 2. The average Bonchev–Trinajstić information content (AvgIpc) is 3.83. The third kappa shape index (κ3) is 9.38. The molecule has 2 aromatic heterocycles. The molecule has 0 amide bonds. The van der Waals surface area contributed by atoms with Crippen LogP contribution >= 0.6 is 0 Å². The van der Waals surface area contributed by atoms with Gasteiger partial charge in [0.2, 0.25) is 5.95 Å². The maximum Gasteiger partial charge on any atom is 0.227 e. The number of likely N-dealkylation sites (tertiary alicyclic amines) is 1. The Labute approximate surface area is 293 Å². The Kier molecular flexibility index (Phi) is 11.7. The maximum absolute atomic E-state index is 6.20. The Morgan fingerprint density at radius 2 is 1.35 bits per heavy atom. The Morgan fingerprint density at radius 3 is 2.00 bits per heavy atom. The molecule has 0 spiro atoms. The normalized spacial score (nSPS) is 21.1. The Balaban J connectivity index is 0.935. The second-order valence-electron chi connectivity index (χ2n) is 14.8. The Hall–Kier alpha value is -3.53. The molecule has 2 aromatic carbocycles. The molecule has 1 saturated heterocycles. The van der Waals surface area contributed by atoms with E-state index in [1.165, 1.54) is 43.2 Å². The van der Waals surface area contributed by atoms with Crippen molar-refractivity contribution in [3.05, 3.63) is 78.1 Å². The number of nitrogens with two attached hydrogens (primary N) is 1. The van der Waals surface area contributed by atoms with Crippen molar-refractivity contribution in [1.29, 1.82) is 0 Å². The van der Waals surface area contributed by atoms with E-state index in [1.54, 1.807) is 0 Å². The van der Waals surface area contributed by atoms with E-state index in [0.29, 0.717) is 24.2 Å². The summed E-state index contributed by atoms with van der Waals surface area (Å²) in [5.41, 5.74) is 10.9. The van der Waals surface area contributed by atoms with E-state index in [9.17, 15) is 0 Å². The SMILES string of the molecule is NC1CCC(Nc2nc(NC3CCN(CCCN(CCc4ccccc4)CCc4ccccc4)CC3)c3ncn(C4CCCC4)c3n2)CC1. The molecular formula is C40H57N9. The van der Waals surface area contributed by atoms with Crippen molar-refractivity contribution in [2.45, 2.75) is 108 Å². The van der Waals surface area contributed by atoms with E-state index in [1.807, 2.05) is 6.33 Å². The van der Waals surface area contributed by atoms with Gasteiger partial charge < -0.3 is 30.7 Å². The number of rotatable bonds is 15. The summed E-state index contributed by atoms with van der Waals surface area (Å²) in [6.07, 6.45) is 16.9. The zero-order valence-electron chi connectivity index (χ0n) is 29.4. The number of piperidine rings is 1. The smallest absolute Gasteiger partial charge is 0.227 e. The quantitative estimate of drug-likeness (QED) is 0.130. The van der Waals surface area contributed by atoms with Crippen molar-refractivity contribution in [2.24, 2.45) is 5.73 Å². The van der Waals surface area contributed by atoms with Crippen LogP contribution in [0.1, 0.15) is 87.8 Å². The number of aromatic nitrogens is 4. The van der Waals surface area contributed by atoms with Gasteiger partial charge in [0.25, 0.3) is 0 Å². The number of fused-ring (bicyclic) bond motifs is 1. The lowest BCUT2D eigenvalue weighted by Crippen LogP contribution is -2.40. The summed E-state index contributed by atoms with van der Waals surface area (Å²) >= 11 is 0. The van der Waals surface area contributed by atoms with Crippen LogP contribution < -0.4 is 16.4 Å². The predicted octanol–water partition coefficient (Wildman–Crippen LogP) is 6.68. The van der Waals surface area contributed by atoms with Crippen LogP contribution in [0.2, 0.25) is 0 Å². The lowest BCUT2D eigenvalue weighted by Gasteiger charge is -2.33. The van der Waals surface area contributed by atoms with Gasteiger partial charge in [-0.25, -0.2) is 4.98 Å². The molecule has 4 aromatic rings. The maximum atomic E-state index is 6.20. The molecule has 1 aliphatic heterocycles. The van der Waals surface area contributed by atoms with Gasteiger partial charge in [-0.15, -0.1) is 0 Å². The van der Waals surface area contributed by atoms with Crippen molar-refractivity contribution in [2.75, 3.05) is 49.9 Å². The first kappa shape index (κ1) is 33.9. The molecule has 49 heavy (non-hydrogen) atoms. The van der Waals surface area contributed by atoms with E-state index < -0.39 is 0 Å². The molecule has 0 unspecified atom stereocenters. The molecule has 3 heterocycles. The lowest BCUT2D eigenvalue weighted by molar-refractivity contribution is 0.197. The summed E-state index contributed by atoms with van der Waals surface area (Å²) in [7, 11) is 0. The Bertz CT molecular complexity index is 1510. The third-order valence-electron chi connectivity index (χ3n) is 11.2. The van der Waals surface area contributed by atoms with Crippen molar-refractivity contribution < 1.29 is 0 Å². The molecule has 2 saturated carbocycles. The minimum atomic E-state index is 0.326. The van der Waals surface area contributed by atoms with Crippen molar-refractivity contribution in [3.63, 3.8) is 0 Å². The van der Waals surface area contributed by atoms with Gasteiger partial charge >= 0.3 is 0 Å². The monoisotopic (exact) mass is 663 g/mol. The van der Waals surface area contributed by atoms with E-state index >= 15 is 0 Å². The molecule has 3 fully saturated rings. The summed E-state index contributed by atoms with van der Waals surface area (Å²) in [6.45, 7) is 6.75. The first-order valence-corrected chi connectivity index (χ1v) is 19.2. The fourth-order valence-electron chi connectivity index (χ4n) is 8.19. The predicted molar refractivity (Wildman–Crippen MR) is 201 cm³/mol. The molecule has 0 bridgehead atoms. The molecule has 0 radical (unpaired) electrons. The summed E-state index contributed by atoms with van der Waals surface area (Å²) < 4.78 is 2.32. The number of imidazole rings is 1. The van der Waals surface area contributed by atoms with Crippen molar-refractivity contribution in [1.82, 2.24) is 29.3 Å². The van der Waals surface area contributed by atoms with Gasteiger partial charge in [0.1, 0.15) is 0 Å². The highest BCUT2D eigenvalue weighted by Gasteiger charge is 2.26. The number of hydrogen-bond acceptors (Lipinski definition) is 8. The van der Waals surface area contributed by atoms with Crippen LogP contribution in [0, 0.1) is 0 Å². The summed E-state index contributed by atoms with van der Waals surface area (Å²) in [5, 5.41) is 7.53. The molecule has 0 atom stereocenters. The third-order valence-corrected chi connectivity index (χ3v) is 11.2. The van der Waals surface area contributed by atoms with Crippen LogP contribution in [-0.2, 0) is 12.8 Å². The van der Waals surface area contributed by atoms with Gasteiger partial charge in [0.05, 0.1) is 6.33 Å². The first-order valence-electron chi connectivity index (χ1n) is 19.2. The van der Waals surface area contributed by atoms with Gasteiger partial charge in [-0.3, -0.25) is 0 Å². The molecule has 7 rings (SSSR count). The highest BCUT2D eigenvalue weighted by atomic mass is 15.2. The van der Waals surface area contributed by atoms with Crippen molar-refractivity contribution >= 4 is 22.9 Å². The van der Waals surface area contributed by atoms with Crippen LogP contribution in [0.3, 0.4) is 0 Å². The zero-order valence-corrected chi connectivity index (χ0v) is 29.4. The molecule has 2 aliphatic carbocycles. The Morgan fingerprint density at radius 1 is 0.714 bits per heavy atom. The van der Waals surface area contributed by atoms with Gasteiger partial charge in [-0.05, 0) is 94.8 Å². The number of nitrogens with zero attached hydrogens (tertiary/aromatic N) is 6. The first-order chi connectivity index (χ1) is 24.2. The van der Waals surface area contributed by atoms with Crippen LogP contribution in [0.25, 0.3) is 11.2 Å². The molecule has 262 valence electrons. The second kappa shape index (κ2) is 16.9. The van der Waals surface area contributed by atoms with E-state index in [-0.39, 0.29) is 0 Å². The van der Waals surface area contributed by atoms with E-state index in [0.717, 1.165) is 114 Å². The van der Waals surface area contributed by atoms with Crippen molar-refractivity contribution in [3.8, 4) is 0 Å². The zero-order chi connectivity index (χ0) is 33.3. The van der Waals surface area contributed by atoms with Crippen LogP contribution in [0.15, 0.2) is 67.0 Å². The average molecular weight is 664 g/mol. The minimum absolute atomic E-state index is 0.326. The number of nitrogens with one attached hydrogen (secondary N) is 2. The number of hydrogen-bond donors (Lipinski definition) is 3. The van der Waals surface area contributed by atoms with Crippen LogP contribution in [-0.4, -0.2) is 86.7 Å². The van der Waals surface area contributed by atoms with E-state index in [2.05, 4.69) is 85.7 Å². The highest BCUT2D eigenvalue weighted by molar-refractivity contribution is 5.84. The molecule has 4 N–H and O–H groups in total. The highest BCUT2D eigenvalue weighted by Crippen LogP contribution is 2.34. The van der Waals surface area contributed by atoms with Gasteiger partial charge in [0.15, 0.2) is 17.0 Å². The van der Waals surface area contributed by atoms with E-state index in [4.69, 9.17) is 20.7 Å². The molecule has 3 aliphatic rings. The fourth-order valence-corrected chi connectivity index (χ4v) is 8.19. The van der Waals surface area contributed by atoms with Gasteiger partial charge in [-0.1, -0.05) is 73.5 Å². The van der Waals surface area contributed by atoms with Gasteiger partial charge in [-0.2, -0.15) is 9.97 Å². The largest absolute Gasteiger partial charge is 0.365 e.